The Hall–Kier alpha value is -2.51. The summed E-state index contributed by atoms with van der Waals surface area (Å²) in [7, 11) is -3.32. The van der Waals surface area contributed by atoms with Gasteiger partial charge in [-0.05, 0) is 18.6 Å². The van der Waals surface area contributed by atoms with Crippen LogP contribution < -0.4 is 10.5 Å². The fourth-order valence-electron chi connectivity index (χ4n) is 1.81. The Kier molecular flexibility index (Phi) is 7.45. The molecule has 0 aromatic heterocycles. The molecule has 0 bridgehead atoms. The number of nitrogens with one attached hydrogen (secondary N) is 1. The van der Waals surface area contributed by atoms with Crippen molar-refractivity contribution >= 4 is 21.7 Å². The molecule has 2 atom stereocenters. The number of benzene rings is 1. The number of hydrogen-bond acceptors (Lipinski definition) is 7. The van der Waals surface area contributed by atoms with E-state index in [2.05, 4.69) is 4.74 Å². The van der Waals surface area contributed by atoms with Gasteiger partial charge in [0, 0.05) is 12.1 Å². The van der Waals surface area contributed by atoms with Crippen LogP contribution in [0.5, 0.6) is 0 Å². The van der Waals surface area contributed by atoms with E-state index < -0.39 is 45.6 Å². The molecule has 0 radical (unpaired) electrons. The van der Waals surface area contributed by atoms with Gasteiger partial charge in [0.25, 0.3) is 5.69 Å². The van der Waals surface area contributed by atoms with Crippen molar-refractivity contribution in [2.24, 2.45) is 5.73 Å². The maximum Gasteiger partial charge on any atom is 0.407 e. The highest BCUT2D eigenvalue weighted by Crippen LogP contribution is 2.20. The molecule has 0 spiro atoms. The first-order chi connectivity index (χ1) is 12.4. The van der Waals surface area contributed by atoms with Gasteiger partial charge in [0.05, 0.1) is 16.9 Å². The SMILES string of the molecule is COC(=O)[C@H](C/C=C/[C@@H](N)C(F)(F)F)NS(=O)(=O)c1ccc([N+](=O)[O-])cc1. The molecular formula is C14H16F3N3O6S. The van der Waals surface area contributed by atoms with Crippen molar-refractivity contribution in [2.75, 3.05) is 7.11 Å². The van der Waals surface area contributed by atoms with Crippen molar-refractivity contribution in [1.29, 1.82) is 0 Å². The number of carbonyl (C=O) groups is 1. The van der Waals surface area contributed by atoms with E-state index in [9.17, 15) is 36.5 Å². The highest BCUT2D eigenvalue weighted by atomic mass is 32.2. The van der Waals surface area contributed by atoms with E-state index in [0.29, 0.717) is 6.08 Å². The van der Waals surface area contributed by atoms with Crippen LogP contribution in [0.2, 0.25) is 0 Å². The minimum atomic E-state index is -4.68. The van der Waals surface area contributed by atoms with Crippen molar-refractivity contribution in [3.63, 3.8) is 0 Å². The molecule has 0 fully saturated rings. The lowest BCUT2D eigenvalue weighted by Crippen LogP contribution is -2.41. The molecule has 0 saturated heterocycles. The van der Waals surface area contributed by atoms with Gasteiger partial charge in [-0.2, -0.15) is 17.9 Å². The largest absolute Gasteiger partial charge is 0.468 e. The van der Waals surface area contributed by atoms with Crippen LogP contribution in [0.25, 0.3) is 0 Å². The Morgan fingerprint density at radius 3 is 2.37 bits per heavy atom. The highest BCUT2D eigenvalue weighted by Gasteiger charge is 2.34. The van der Waals surface area contributed by atoms with Gasteiger partial charge in [0.15, 0.2) is 0 Å². The second-order valence-corrected chi connectivity index (χ2v) is 6.89. The number of methoxy groups -OCH3 is 1. The molecule has 1 aromatic rings. The summed E-state index contributed by atoms with van der Waals surface area (Å²) in [4.78, 5) is 21.2. The summed E-state index contributed by atoms with van der Waals surface area (Å²) in [6, 6.07) is -0.00327. The number of halogens is 3. The molecule has 0 aliphatic rings. The molecule has 0 saturated carbocycles. The molecule has 13 heteroatoms. The van der Waals surface area contributed by atoms with Crippen LogP contribution in [0.3, 0.4) is 0 Å². The zero-order chi connectivity index (χ0) is 20.8. The fraction of sp³-hybridized carbons (Fsp3) is 0.357. The summed E-state index contributed by atoms with van der Waals surface area (Å²) < 4.78 is 68.0. The van der Waals surface area contributed by atoms with Crippen molar-refractivity contribution < 1.29 is 36.0 Å². The number of nitrogens with zero attached hydrogens (tertiary/aromatic N) is 1. The van der Waals surface area contributed by atoms with Crippen LogP contribution >= 0.6 is 0 Å². The molecule has 0 unspecified atom stereocenters. The summed E-state index contributed by atoms with van der Waals surface area (Å²) in [5.74, 6) is -1.04. The molecule has 150 valence electrons. The molecule has 1 aromatic carbocycles. The number of sulfonamides is 1. The van der Waals surface area contributed by atoms with Crippen molar-refractivity contribution in [3.8, 4) is 0 Å². The first-order valence-corrected chi connectivity index (χ1v) is 8.70. The number of non-ortho nitro benzene ring substituents is 1. The Morgan fingerprint density at radius 2 is 1.93 bits per heavy atom. The summed E-state index contributed by atoms with van der Waals surface area (Å²) in [5.41, 5.74) is 4.54. The number of alkyl halides is 3. The summed E-state index contributed by atoms with van der Waals surface area (Å²) in [5, 5.41) is 10.6. The molecule has 1 rings (SSSR count). The van der Waals surface area contributed by atoms with Crippen LogP contribution in [0.4, 0.5) is 18.9 Å². The Bertz CT molecular complexity index is 808. The van der Waals surface area contributed by atoms with Gasteiger partial charge in [-0.1, -0.05) is 12.2 Å². The number of nitrogens with two attached hydrogens (primary N) is 1. The zero-order valence-electron chi connectivity index (χ0n) is 13.8. The number of hydrogen-bond donors (Lipinski definition) is 2. The van der Waals surface area contributed by atoms with E-state index in [1.54, 1.807) is 0 Å². The normalized spacial score (nSPS) is 14.7. The maximum atomic E-state index is 12.4. The monoisotopic (exact) mass is 411 g/mol. The highest BCUT2D eigenvalue weighted by molar-refractivity contribution is 7.89. The maximum absolute atomic E-state index is 12.4. The molecule has 9 nitrogen and oxygen atoms in total. The van der Waals surface area contributed by atoms with Crippen LogP contribution in [0, 0.1) is 10.1 Å². The van der Waals surface area contributed by atoms with Crippen LogP contribution in [0.15, 0.2) is 41.3 Å². The second-order valence-electron chi connectivity index (χ2n) is 5.18. The lowest BCUT2D eigenvalue weighted by atomic mass is 10.2. The Labute approximate surface area is 152 Å². The molecule has 0 aliphatic heterocycles. The number of esters is 1. The van der Waals surface area contributed by atoms with Crippen molar-refractivity contribution in [3.05, 3.63) is 46.5 Å². The molecule has 0 aliphatic carbocycles. The first-order valence-electron chi connectivity index (χ1n) is 7.22. The summed E-state index contributed by atoms with van der Waals surface area (Å²) >= 11 is 0. The topological polar surface area (TPSA) is 142 Å². The lowest BCUT2D eigenvalue weighted by Gasteiger charge is -2.16. The van der Waals surface area contributed by atoms with E-state index >= 15 is 0 Å². The van der Waals surface area contributed by atoms with E-state index in [1.165, 1.54) is 0 Å². The summed E-state index contributed by atoms with van der Waals surface area (Å²) in [6.07, 6.45) is -3.66. The number of nitro benzene ring substituents is 1. The molecule has 27 heavy (non-hydrogen) atoms. The van der Waals surface area contributed by atoms with Gasteiger partial charge in [0.2, 0.25) is 10.0 Å². The third kappa shape index (κ3) is 6.62. The standard InChI is InChI=1S/C14H16F3N3O6S/c1-26-13(21)11(3-2-4-12(18)14(15,16)17)19-27(24,25)10-7-5-9(6-8-10)20(22)23/h2,4-8,11-12,19H,3,18H2,1H3/b4-2+/t11-,12+/m0/s1. The van der Waals surface area contributed by atoms with E-state index in [0.717, 1.165) is 37.5 Å². The van der Waals surface area contributed by atoms with Gasteiger partial charge in [0.1, 0.15) is 12.1 Å². The average molecular weight is 411 g/mol. The summed E-state index contributed by atoms with van der Waals surface area (Å²) in [6.45, 7) is 0. The quantitative estimate of drug-likeness (QED) is 0.284. The smallest absolute Gasteiger partial charge is 0.407 e. The minimum absolute atomic E-state index is 0.345. The van der Waals surface area contributed by atoms with E-state index in [-0.39, 0.29) is 10.6 Å². The third-order valence-electron chi connectivity index (χ3n) is 3.23. The third-order valence-corrected chi connectivity index (χ3v) is 4.72. The van der Waals surface area contributed by atoms with Crippen LogP contribution in [-0.4, -0.2) is 44.7 Å². The number of ether oxygens (including phenoxy) is 1. The molecule has 0 heterocycles. The van der Waals surface area contributed by atoms with Gasteiger partial charge < -0.3 is 10.5 Å². The molecule has 3 N–H and O–H groups in total. The predicted molar refractivity (Wildman–Crippen MR) is 87.0 cm³/mol. The zero-order valence-corrected chi connectivity index (χ0v) is 14.7. The number of carbonyl (C=O) groups excluding carboxylic acids is 1. The van der Waals surface area contributed by atoms with E-state index in [1.807, 2.05) is 4.72 Å². The van der Waals surface area contributed by atoms with Gasteiger partial charge >= 0.3 is 12.1 Å². The average Bonchev–Trinajstić information content (AvgIpc) is 2.59. The first kappa shape index (κ1) is 22.5. The van der Waals surface area contributed by atoms with Gasteiger partial charge in [-0.3, -0.25) is 14.9 Å². The predicted octanol–water partition coefficient (Wildman–Crippen LogP) is 1.25. The van der Waals surface area contributed by atoms with Gasteiger partial charge in [-0.15, -0.1) is 0 Å². The van der Waals surface area contributed by atoms with E-state index in [4.69, 9.17) is 5.73 Å². The second kappa shape index (κ2) is 8.92. The number of nitro groups is 1. The number of rotatable bonds is 8. The van der Waals surface area contributed by atoms with Gasteiger partial charge in [-0.25, -0.2) is 8.42 Å². The lowest BCUT2D eigenvalue weighted by molar-refractivity contribution is -0.384. The molecular weight excluding hydrogens is 395 g/mol. The van der Waals surface area contributed by atoms with Crippen LogP contribution in [-0.2, 0) is 19.6 Å². The van der Waals surface area contributed by atoms with Crippen molar-refractivity contribution in [2.45, 2.75) is 29.6 Å². The van der Waals surface area contributed by atoms with Crippen LogP contribution in [0.1, 0.15) is 6.42 Å². The fourth-order valence-corrected chi connectivity index (χ4v) is 3.00. The molecule has 0 amide bonds. The Morgan fingerprint density at radius 1 is 1.37 bits per heavy atom. The van der Waals surface area contributed by atoms with Crippen molar-refractivity contribution in [1.82, 2.24) is 4.72 Å². The minimum Gasteiger partial charge on any atom is -0.468 e. The Balaban J connectivity index is 2.96.